The van der Waals surface area contributed by atoms with Crippen LogP contribution >= 0.6 is 0 Å². The van der Waals surface area contributed by atoms with Gasteiger partial charge in [0.25, 0.3) is 0 Å². The molecule has 2 atom stereocenters. The largest absolute Gasteiger partial charge is 0.480 e. The average molecular weight is 405 g/mol. The fourth-order valence-electron chi connectivity index (χ4n) is 1.34. The molecule has 0 saturated carbocycles. The molecule has 0 aromatic heterocycles. The fourth-order valence-corrected chi connectivity index (χ4v) is 1.34. The molecule has 0 bridgehead atoms. The number of carboxylic acid groups (broad SMARTS) is 1. The molecule has 164 valence electrons. The van der Waals surface area contributed by atoms with Gasteiger partial charge in [-0.15, -0.1) is 0 Å². The van der Waals surface area contributed by atoms with E-state index in [0.717, 1.165) is 4.90 Å². The van der Waals surface area contributed by atoms with Crippen LogP contribution in [0.3, 0.4) is 0 Å². The molecular weight excluding hydrogens is 370 g/mol. The first-order valence-electron chi connectivity index (χ1n) is 8.74. The Kier molecular flexibility index (Phi) is 10.6. The monoisotopic (exact) mass is 405 g/mol. The van der Waals surface area contributed by atoms with E-state index in [-0.39, 0.29) is 0 Å². The number of primary amides is 1. The fraction of sp³-hybridized carbons (Fsp3) is 0.778. The molecule has 10 nitrogen and oxygen atoms in total. The van der Waals surface area contributed by atoms with Crippen LogP contribution in [0.5, 0.6) is 0 Å². The number of hydrogen-bond acceptors (Lipinski definition) is 6. The van der Waals surface area contributed by atoms with Crippen molar-refractivity contribution in [1.29, 1.82) is 0 Å². The summed E-state index contributed by atoms with van der Waals surface area (Å²) >= 11 is 0. The Bertz CT molecular complexity index is 515. The summed E-state index contributed by atoms with van der Waals surface area (Å²) in [6, 6.07) is -1.55. The number of carbonyl (C=O) groups excluding carboxylic acids is 3. The van der Waals surface area contributed by atoms with Crippen molar-refractivity contribution in [2.45, 2.75) is 78.7 Å². The van der Waals surface area contributed by atoms with Crippen molar-refractivity contribution in [3.8, 4) is 0 Å². The molecule has 0 aliphatic carbocycles. The zero-order chi connectivity index (χ0) is 23.0. The van der Waals surface area contributed by atoms with Crippen LogP contribution in [-0.4, -0.2) is 76.4 Å². The topological polar surface area (TPSA) is 139 Å². The first kappa shape index (κ1) is 27.7. The molecule has 3 amide bonds. The smallest absolute Gasteiger partial charge is 0.410 e. The van der Waals surface area contributed by atoms with Crippen molar-refractivity contribution in [2.24, 2.45) is 5.73 Å². The molecular formula is C18H35N3O7. The summed E-state index contributed by atoms with van der Waals surface area (Å²) < 4.78 is 10.0. The number of rotatable bonds is 4. The quantitative estimate of drug-likeness (QED) is 0.729. The molecule has 0 rings (SSSR count). The highest BCUT2D eigenvalue weighted by molar-refractivity contribution is 5.83. The Morgan fingerprint density at radius 3 is 1.29 bits per heavy atom. The third-order valence-electron chi connectivity index (χ3n) is 3.29. The van der Waals surface area contributed by atoms with E-state index in [1.165, 1.54) is 25.9 Å². The molecule has 28 heavy (non-hydrogen) atoms. The van der Waals surface area contributed by atoms with Gasteiger partial charge < -0.3 is 20.3 Å². The maximum Gasteiger partial charge on any atom is 0.410 e. The zero-order valence-corrected chi connectivity index (χ0v) is 18.5. The number of aliphatic carboxylic acids is 1. The predicted molar refractivity (Wildman–Crippen MR) is 104 cm³/mol. The highest BCUT2D eigenvalue weighted by atomic mass is 16.6. The number of carbonyl (C=O) groups is 4. The second-order valence-corrected chi connectivity index (χ2v) is 8.28. The summed E-state index contributed by atoms with van der Waals surface area (Å²) in [6.45, 7) is 13.4. The first-order valence-corrected chi connectivity index (χ1v) is 8.74. The number of hydrogen-bond donors (Lipinski definition) is 2. The van der Waals surface area contributed by atoms with Crippen LogP contribution in [-0.2, 0) is 19.1 Å². The molecule has 0 heterocycles. The standard InChI is InChI=1S/C9H18N2O3.C9H17NO4/c1-6(7(10)12)11(5)8(13)14-9(2,3)4;1-6(7(11)12)10(5)8(13)14-9(2,3)4/h6H,1-5H3,(H2,10,12);6H,1-5H3,(H,11,12)/t2*6-/m00/s1. The van der Waals surface area contributed by atoms with Crippen molar-refractivity contribution in [2.75, 3.05) is 14.1 Å². The number of amides is 3. The second-order valence-electron chi connectivity index (χ2n) is 8.28. The lowest BCUT2D eigenvalue weighted by Crippen LogP contribution is -2.45. The van der Waals surface area contributed by atoms with Gasteiger partial charge >= 0.3 is 18.2 Å². The van der Waals surface area contributed by atoms with E-state index in [1.54, 1.807) is 48.5 Å². The van der Waals surface area contributed by atoms with Gasteiger partial charge in [-0.3, -0.25) is 14.6 Å². The lowest BCUT2D eigenvalue weighted by Gasteiger charge is -2.27. The van der Waals surface area contributed by atoms with Crippen LogP contribution in [0, 0.1) is 0 Å². The minimum Gasteiger partial charge on any atom is -0.480 e. The van der Waals surface area contributed by atoms with Crippen LogP contribution in [0.4, 0.5) is 9.59 Å². The van der Waals surface area contributed by atoms with Gasteiger partial charge in [0.2, 0.25) is 5.91 Å². The molecule has 0 radical (unpaired) electrons. The molecule has 0 saturated heterocycles. The molecule has 0 unspecified atom stereocenters. The van der Waals surface area contributed by atoms with Crippen molar-refractivity contribution in [1.82, 2.24) is 9.80 Å². The number of nitrogens with zero attached hydrogens (tertiary/aromatic N) is 2. The van der Waals surface area contributed by atoms with Crippen molar-refractivity contribution < 1.29 is 33.8 Å². The van der Waals surface area contributed by atoms with Crippen LogP contribution in [0.2, 0.25) is 0 Å². The summed E-state index contributed by atoms with van der Waals surface area (Å²) in [5, 5.41) is 8.65. The third-order valence-corrected chi connectivity index (χ3v) is 3.29. The van der Waals surface area contributed by atoms with Crippen molar-refractivity contribution >= 4 is 24.1 Å². The molecule has 3 N–H and O–H groups in total. The predicted octanol–water partition coefficient (Wildman–Crippen LogP) is 2.05. The summed E-state index contributed by atoms with van der Waals surface area (Å²) in [7, 11) is 2.87. The number of nitrogens with two attached hydrogens (primary N) is 1. The van der Waals surface area contributed by atoms with Gasteiger partial charge in [0.15, 0.2) is 0 Å². The maximum absolute atomic E-state index is 11.4. The van der Waals surface area contributed by atoms with E-state index in [1.807, 2.05) is 0 Å². The minimum atomic E-state index is -1.06. The second kappa shape index (κ2) is 10.7. The molecule has 0 fully saturated rings. The van der Waals surface area contributed by atoms with Gasteiger partial charge in [0.05, 0.1) is 0 Å². The first-order chi connectivity index (χ1) is 12.3. The van der Waals surface area contributed by atoms with Gasteiger partial charge in [-0.05, 0) is 55.4 Å². The Balaban J connectivity index is 0. The van der Waals surface area contributed by atoms with E-state index >= 15 is 0 Å². The Labute approximate surface area is 166 Å². The lowest BCUT2D eigenvalue weighted by atomic mass is 10.2. The van der Waals surface area contributed by atoms with Crippen LogP contribution in [0.15, 0.2) is 0 Å². The summed E-state index contributed by atoms with van der Waals surface area (Å²) in [5.74, 6) is -1.61. The summed E-state index contributed by atoms with van der Waals surface area (Å²) in [4.78, 5) is 46.3. The zero-order valence-electron chi connectivity index (χ0n) is 18.5. The van der Waals surface area contributed by atoms with Gasteiger partial charge in [-0.2, -0.15) is 0 Å². The molecule has 10 heteroatoms. The number of carboxylic acids is 1. The van der Waals surface area contributed by atoms with E-state index < -0.39 is 47.3 Å². The van der Waals surface area contributed by atoms with Gasteiger partial charge in [0, 0.05) is 14.1 Å². The lowest BCUT2D eigenvalue weighted by molar-refractivity contribution is -0.142. The SMILES string of the molecule is C[C@@H](C(=O)O)N(C)C(=O)OC(C)(C)C.C[C@@H](C(N)=O)N(C)C(=O)OC(C)(C)C. The Morgan fingerprint density at radius 2 is 1.07 bits per heavy atom. The minimum absolute atomic E-state index is 0.552. The average Bonchev–Trinajstić information content (AvgIpc) is 2.48. The summed E-state index contributed by atoms with van der Waals surface area (Å²) in [6.07, 6.45) is -1.18. The normalized spacial score (nSPS) is 13.2. The molecule has 0 spiro atoms. The highest BCUT2D eigenvalue weighted by Crippen LogP contribution is 2.11. The molecule has 0 aliphatic heterocycles. The maximum atomic E-state index is 11.4. The summed E-state index contributed by atoms with van der Waals surface area (Å²) in [5.41, 5.74) is 3.88. The third kappa shape index (κ3) is 12.0. The van der Waals surface area contributed by atoms with Crippen molar-refractivity contribution in [3.05, 3.63) is 0 Å². The van der Waals surface area contributed by atoms with Gasteiger partial charge in [0.1, 0.15) is 23.3 Å². The van der Waals surface area contributed by atoms with Crippen LogP contribution < -0.4 is 5.73 Å². The Morgan fingerprint density at radius 1 is 0.786 bits per heavy atom. The molecule has 0 aliphatic rings. The number of likely N-dealkylation sites (N-methyl/N-ethyl adjacent to an activating group) is 2. The Hall–Kier alpha value is -2.52. The molecule has 0 aromatic rings. The van der Waals surface area contributed by atoms with Gasteiger partial charge in [-0.1, -0.05) is 0 Å². The molecule has 0 aromatic carbocycles. The van der Waals surface area contributed by atoms with E-state index in [2.05, 4.69) is 0 Å². The highest BCUT2D eigenvalue weighted by Gasteiger charge is 2.26. The van der Waals surface area contributed by atoms with Crippen LogP contribution in [0.1, 0.15) is 55.4 Å². The van der Waals surface area contributed by atoms with Gasteiger partial charge in [-0.25, -0.2) is 14.4 Å². The number of ether oxygens (including phenoxy) is 2. The van der Waals surface area contributed by atoms with E-state index in [4.69, 9.17) is 20.3 Å². The van der Waals surface area contributed by atoms with Crippen molar-refractivity contribution in [3.63, 3.8) is 0 Å². The van der Waals surface area contributed by atoms with E-state index in [0.29, 0.717) is 0 Å². The van der Waals surface area contributed by atoms with E-state index in [9.17, 15) is 19.2 Å². The van der Waals surface area contributed by atoms with Crippen LogP contribution in [0.25, 0.3) is 0 Å².